The van der Waals surface area contributed by atoms with Gasteiger partial charge in [0.15, 0.2) is 11.5 Å². The average molecular weight is 416 g/mol. The van der Waals surface area contributed by atoms with Crippen LogP contribution in [0.3, 0.4) is 0 Å². The molecular weight excluding hydrogens is 400 g/mol. The molecule has 4 rings (SSSR count). The van der Waals surface area contributed by atoms with E-state index in [2.05, 4.69) is 16.7 Å². The zero-order valence-corrected chi connectivity index (χ0v) is 15.6. The monoisotopic (exact) mass is 416 g/mol. The molecule has 0 bridgehead atoms. The topological polar surface area (TPSA) is 51.0 Å². The summed E-state index contributed by atoms with van der Waals surface area (Å²) in [5.41, 5.74) is 0.779. The minimum atomic E-state index is -4.42. The molecule has 0 unspecified atom stereocenters. The Labute approximate surface area is 168 Å². The number of fused-ring (bicyclic) bond motifs is 1. The highest BCUT2D eigenvalue weighted by Gasteiger charge is 2.35. The van der Waals surface area contributed by atoms with Crippen molar-refractivity contribution < 1.29 is 22.4 Å². The van der Waals surface area contributed by atoms with Gasteiger partial charge in [-0.25, -0.2) is 14.1 Å². The van der Waals surface area contributed by atoms with E-state index >= 15 is 0 Å². The van der Waals surface area contributed by atoms with Crippen LogP contribution in [-0.4, -0.2) is 38.7 Å². The molecule has 3 heterocycles. The molecule has 9 heteroatoms. The first kappa shape index (κ1) is 19.8. The highest BCUT2D eigenvalue weighted by Crippen LogP contribution is 2.31. The third-order valence-corrected chi connectivity index (χ3v) is 4.87. The fourth-order valence-corrected chi connectivity index (χ4v) is 3.32. The highest BCUT2D eigenvalue weighted by atomic mass is 19.4. The van der Waals surface area contributed by atoms with Gasteiger partial charge in [0.25, 0.3) is 5.91 Å². The third-order valence-electron chi connectivity index (χ3n) is 4.87. The zero-order valence-electron chi connectivity index (χ0n) is 15.6. The molecule has 1 saturated heterocycles. The molecule has 0 saturated carbocycles. The minimum absolute atomic E-state index is 0.179. The van der Waals surface area contributed by atoms with Gasteiger partial charge in [0.2, 0.25) is 0 Å². The van der Waals surface area contributed by atoms with Crippen molar-refractivity contribution in [1.29, 1.82) is 0 Å². The number of benzene rings is 1. The van der Waals surface area contributed by atoms with Gasteiger partial charge >= 0.3 is 6.18 Å². The second kappa shape index (κ2) is 7.40. The van der Waals surface area contributed by atoms with E-state index in [0.717, 1.165) is 17.5 Å². The standard InChI is InChI=1S/C21H16F4N4O/c1-13(22)20(30)28-11-16(12-28)29-19-17(6-3-9-26-19)18(27-29)8-7-14-4-2-5-15(10-14)21(23,24)25/h2-10,16H,1,11-12H2/b8-7+. The molecule has 154 valence electrons. The van der Waals surface area contributed by atoms with Crippen LogP contribution in [0.15, 0.2) is 55.0 Å². The first-order valence-corrected chi connectivity index (χ1v) is 9.06. The van der Waals surface area contributed by atoms with Crippen molar-refractivity contribution in [2.75, 3.05) is 13.1 Å². The van der Waals surface area contributed by atoms with Crippen molar-refractivity contribution in [3.8, 4) is 0 Å². The first-order valence-electron chi connectivity index (χ1n) is 9.06. The van der Waals surface area contributed by atoms with Crippen LogP contribution in [-0.2, 0) is 11.0 Å². The summed E-state index contributed by atoms with van der Waals surface area (Å²) in [6, 6.07) is 8.36. The van der Waals surface area contributed by atoms with Crippen LogP contribution in [0.4, 0.5) is 17.6 Å². The number of nitrogens with zero attached hydrogens (tertiary/aromatic N) is 4. The number of pyridine rings is 1. The average Bonchev–Trinajstić information content (AvgIpc) is 3.03. The van der Waals surface area contributed by atoms with Crippen LogP contribution in [0.2, 0.25) is 0 Å². The fraction of sp³-hybridized carbons (Fsp3) is 0.190. The van der Waals surface area contributed by atoms with Gasteiger partial charge in [-0.3, -0.25) is 4.79 Å². The van der Waals surface area contributed by atoms with Crippen molar-refractivity contribution in [3.05, 3.63) is 71.8 Å². The third kappa shape index (κ3) is 3.70. The summed E-state index contributed by atoms with van der Waals surface area (Å²) in [5, 5.41) is 5.25. The van der Waals surface area contributed by atoms with Crippen LogP contribution in [0.1, 0.15) is 22.9 Å². The Morgan fingerprint density at radius 2 is 1.93 bits per heavy atom. The Kier molecular flexibility index (Phi) is 4.89. The van der Waals surface area contributed by atoms with E-state index in [1.807, 2.05) is 6.07 Å². The van der Waals surface area contributed by atoms with Crippen molar-refractivity contribution in [2.45, 2.75) is 12.2 Å². The molecule has 0 N–H and O–H groups in total. The van der Waals surface area contributed by atoms with Gasteiger partial charge in [-0.1, -0.05) is 24.8 Å². The van der Waals surface area contributed by atoms with Crippen molar-refractivity contribution >= 4 is 29.1 Å². The summed E-state index contributed by atoms with van der Waals surface area (Å²) in [6.45, 7) is 3.55. The van der Waals surface area contributed by atoms with Crippen molar-refractivity contribution in [3.63, 3.8) is 0 Å². The molecule has 1 amide bonds. The number of likely N-dealkylation sites (tertiary alicyclic amines) is 1. The van der Waals surface area contributed by atoms with Gasteiger partial charge in [0, 0.05) is 24.7 Å². The summed E-state index contributed by atoms with van der Waals surface area (Å²) in [5.74, 6) is -1.76. The van der Waals surface area contributed by atoms with Gasteiger partial charge in [-0.2, -0.15) is 18.3 Å². The van der Waals surface area contributed by atoms with E-state index in [0.29, 0.717) is 16.9 Å². The lowest BCUT2D eigenvalue weighted by molar-refractivity contribution is -0.137. The lowest BCUT2D eigenvalue weighted by atomic mass is 10.1. The van der Waals surface area contributed by atoms with E-state index < -0.39 is 23.5 Å². The molecular formula is C21H16F4N4O. The second-order valence-electron chi connectivity index (χ2n) is 6.93. The molecule has 0 spiro atoms. The van der Waals surface area contributed by atoms with Gasteiger partial charge in [-0.15, -0.1) is 0 Å². The maximum atomic E-state index is 13.0. The number of hydrogen-bond acceptors (Lipinski definition) is 3. The summed E-state index contributed by atoms with van der Waals surface area (Å²) >= 11 is 0. The van der Waals surface area contributed by atoms with Crippen molar-refractivity contribution in [1.82, 2.24) is 19.7 Å². The number of aromatic nitrogens is 3. The number of rotatable bonds is 4. The quantitative estimate of drug-likeness (QED) is 0.465. The molecule has 3 aromatic rings. The number of amides is 1. The van der Waals surface area contributed by atoms with Crippen LogP contribution in [0, 0.1) is 0 Å². The molecule has 0 radical (unpaired) electrons. The smallest absolute Gasteiger partial charge is 0.332 e. The van der Waals surface area contributed by atoms with Crippen molar-refractivity contribution in [2.24, 2.45) is 0 Å². The van der Waals surface area contributed by atoms with Crippen LogP contribution in [0.25, 0.3) is 23.2 Å². The van der Waals surface area contributed by atoms with E-state index in [9.17, 15) is 22.4 Å². The van der Waals surface area contributed by atoms with Gasteiger partial charge in [0.1, 0.15) is 0 Å². The van der Waals surface area contributed by atoms with E-state index in [1.54, 1.807) is 35.2 Å². The van der Waals surface area contributed by atoms with Gasteiger partial charge in [-0.05, 0) is 35.9 Å². The Balaban J connectivity index is 1.61. The number of carbonyl (C=O) groups excluding carboxylic acids is 1. The molecule has 1 aromatic carbocycles. The summed E-state index contributed by atoms with van der Waals surface area (Å²) in [6.07, 6.45) is 0.366. The molecule has 2 aromatic heterocycles. The van der Waals surface area contributed by atoms with E-state index in [1.165, 1.54) is 11.0 Å². The molecule has 5 nitrogen and oxygen atoms in total. The predicted octanol–water partition coefficient (Wildman–Crippen LogP) is 4.49. The molecule has 30 heavy (non-hydrogen) atoms. The predicted molar refractivity (Wildman–Crippen MR) is 104 cm³/mol. The first-order chi connectivity index (χ1) is 14.2. The van der Waals surface area contributed by atoms with Crippen LogP contribution in [0.5, 0.6) is 0 Å². The molecule has 0 atom stereocenters. The van der Waals surface area contributed by atoms with Crippen LogP contribution < -0.4 is 0 Å². The minimum Gasteiger partial charge on any atom is -0.332 e. The lowest BCUT2D eigenvalue weighted by Gasteiger charge is -2.38. The number of halogens is 4. The summed E-state index contributed by atoms with van der Waals surface area (Å²) < 4.78 is 53.4. The largest absolute Gasteiger partial charge is 0.416 e. The Bertz CT molecular complexity index is 1160. The second-order valence-corrected chi connectivity index (χ2v) is 6.93. The fourth-order valence-electron chi connectivity index (χ4n) is 3.32. The van der Waals surface area contributed by atoms with Gasteiger partial charge in [0.05, 0.1) is 17.3 Å². The highest BCUT2D eigenvalue weighted by molar-refractivity contribution is 5.91. The summed E-state index contributed by atoms with van der Waals surface area (Å²) in [4.78, 5) is 17.3. The number of alkyl halides is 3. The molecule has 0 aliphatic carbocycles. The summed E-state index contributed by atoms with van der Waals surface area (Å²) in [7, 11) is 0. The maximum absolute atomic E-state index is 13.0. The SMILES string of the molecule is C=C(F)C(=O)N1CC(n2nc(/C=C/c3cccc(C(F)(F)F)c3)c3cccnc32)C1. The van der Waals surface area contributed by atoms with E-state index in [-0.39, 0.29) is 19.1 Å². The van der Waals surface area contributed by atoms with E-state index in [4.69, 9.17) is 0 Å². The molecule has 1 aliphatic rings. The molecule has 1 fully saturated rings. The molecule has 1 aliphatic heterocycles. The Morgan fingerprint density at radius 1 is 1.17 bits per heavy atom. The lowest BCUT2D eigenvalue weighted by Crippen LogP contribution is -2.51. The zero-order chi connectivity index (χ0) is 21.5. The number of hydrogen-bond donors (Lipinski definition) is 0. The Hall–Kier alpha value is -3.49. The number of carbonyl (C=O) groups is 1. The Morgan fingerprint density at radius 3 is 2.63 bits per heavy atom. The maximum Gasteiger partial charge on any atom is 0.416 e. The van der Waals surface area contributed by atoms with Gasteiger partial charge < -0.3 is 4.90 Å². The van der Waals surface area contributed by atoms with Crippen LogP contribution >= 0.6 is 0 Å². The normalized spacial score (nSPS) is 15.0.